The van der Waals surface area contributed by atoms with Gasteiger partial charge in [-0.1, -0.05) is 52.4 Å². The van der Waals surface area contributed by atoms with Gasteiger partial charge in [0.25, 0.3) is 0 Å². The Kier molecular flexibility index (Phi) is 12.0. The molecular formula is C16H31NO4. The molecule has 3 N–H and O–H groups in total. The van der Waals surface area contributed by atoms with Crippen molar-refractivity contribution >= 4 is 11.9 Å². The highest BCUT2D eigenvalue weighted by atomic mass is 16.5. The smallest absolute Gasteiger partial charge is 0.323 e. The first-order valence-corrected chi connectivity index (χ1v) is 8.19. The Morgan fingerprint density at radius 1 is 1.00 bits per heavy atom. The molecule has 0 aliphatic rings. The minimum Gasteiger partial charge on any atom is -0.481 e. The molecule has 0 rings (SSSR count). The molecule has 0 amide bonds. The number of rotatable bonds is 13. The van der Waals surface area contributed by atoms with Crippen LogP contribution in [0.4, 0.5) is 0 Å². The van der Waals surface area contributed by atoms with Gasteiger partial charge in [-0.2, -0.15) is 0 Å². The first-order valence-electron chi connectivity index (χ1n) is 8.19. The maximum absolute atomic E-state index is 11.7. The Hall–Kier alpha value is -1.10. The average Bonchev–Trinajstić information content (AvgIpc) is 2.41. The SMILES string of the molecule is CCCCCCCCC(CCC)OC(=O)[C@@H](N)CC(=O)O. The predicted octanol–water partition coefficient (Wildman–Crippen LogP) is 3.25. The van der Waals surface area contributed by atoms with Crippen LogP contribution in [-0.4, -0.2) is 29.2 Å². The molecule has 0 bridgehead atoms. The summed E-state index contributed by atoms with van der Waals surface area (Å²) in [5.74, 6) is -1.68. The summed E-state index contributed by atoms with van der Waals surface area (Å²) in [6.07, 6.45) is 9.25. The molecule has 0 heterocycles. The number of carboxylic acid groups (broad SMARTS) is 1. The zero-order chi connectivity index (χ0) is 16.1. The van der Waals surface area contributed by atoms with E-state index in [4.69, 9.17) is 15.6 Å². The normalized spacial score (nSPS) is 13.7. The van der Waals surface area contributed by atoms with Gasteiger partial charge in [-0.05, 0) is 19.3 Å². The minimum absolute atomic E-state index is 0.131. The van der Waals surface area contributed by atoms with Crippen molar-refractivity contribution < 1.29 is 19.4 Å². The summed E-state index contributed by atoms with van der Waals surface area (Å²) in [5, 5.41) is 8.63. The van der Waals surface area contributed by atoms with Crippen LogP contribution < -0.4 is 5.73 Å². The number of nitrogens with two attached hydrogens (primary N) is 1. The zero-order valence-corrected chi connectivity index (χ0v) is 13.5. The van der Waals surface area contributed by atoms with Crippen LogP contribution in [0, 0.1) is 0 Å². The molecular weight excluding hydrogens is 270 g/mol. The van der Waals surface area contributed by atoms with E-state index in [1.807, 2.05) is 6.92 Å². The van der Waals surface area contributed by atoms with Gasteiger partial charge in [0.1, 0.15) is 12.1 Å². The second kappa shape index (κ2) is 12.6. The van der Waals surface area contributed by atoms with E-state index >= 15 is 0 Å². The van der Waals surface area contributed by atoms with Crippen LogP contribution in [0.3, 0.4) is 0 Å². The highest BCUT2D eigenvalue weighted by Crippen LogP contribution is 2.15. The van der Waals surface area contributed by atoms with Crippen molar-refractivity contribution in [2.45, 2.75) is 90.2 Å². The summed E-state index contributed by atoms with van der Waals surface area (Å²) >= 11 is 0. The van der Waals surface area contributed by atoms with Gasteiger partial charge in [0.15, 0.2) is 0 Å². The van der Waals surface area contributed by atoms with E-state index in [-0.39, 0.29) is 12.5 Å². The van der Waals surface area contributed by atoms with Crippen molar-refractivity contribution in [1.29, 1.82) is 0 Å². The number of aliphatic carboxylic acids is 1. The Balaban J connectivity index is 3.99. The van der Waals surface area contributed by atoms with Gasteiger partial charge < -0.3 is 15.6 Å². The summed E-state index contributed by atoms with van der Waals surface area (Å²) in [7, 11) is 0. The number of carbonyl (C=O) groups excluding carboxylic acids is 1. The van der Waals surface area contributed by atoms with Gasteiger partial charge in [0, 0.05) is 0 Å². The molecule has 0 aliphatic heterocycles. The van der Waals surface area contributed by atoms with Crippen LogP contribution in [0.15, 0.2) is 0 Å². The van der Waals surface area contributed by atoms with E-state index in [0.717, 1.165) is 32.1 Å². The van der Waals surface area contributed by atoms with Gasteiger partial charge in [0.05, 0.1) is 6.42 Å². The molecule has 0 aromatic carbocycles. The first kappa shape index (κ1) is 19.9. The molecule has 2 atom stereocenters. The second-order valence-electron chi connectivity index (χ2n) is 5.61. The molecule has 0 saturated carbocycles. The largest absolute Gasteiger partial charge is 0.481 e. The van der Waals surface area contributed by atoms with Crippen LogP contribution in [0.2, 0.25) is 0 Å². The third kappa shape index (κ3) is 11.3. The van der Waals surface area contributed by atoms with Crippen molar-refractivity contribution in [3.63, 3.8) is 0 Å². The van der Waals surface area contributed by atoms with Crippen molar-refractivity contribution in [3.8, 4) is 0 Å². The fraction of sp³-hybridized carbons (Fsp3) is 0.875. The summed E-state index contributed by atoms with van der Waals surface area (Å²) in [5.41, 5.74) is 5.52. The zero-order valence-electron chi connectivity index (χ0n) is 13.5. The van der Waals surface area contributed by atoms with E-state index < -0.39 is 18.0 Å². The number of hydrogen-bond acceptors (Lipinski definition) is 4. The van der Waals surface area contributed by atoms with Gasteiger partial charge in [0.2, 0.25) is 0 Å². The average molecular weight is 301 g/mol. The highest BCUT2D eigenvalue weighted by molar-refractivity contribution is 5.81. The fourth-order valence-corrected chi connectivity index (χ4v) is 2.26. The minimum atomic E-state index is -1.08. The number of carboxylic acids is 1. The van der Waals surface area contributed by atoms with Gasteiger partial charge in [-0.3, -0.25) is 9.59 Å². The molecule has 0 aliphatic carbocycles. The van der Waals surface area contributed by atoms with E-state index in [1.54, 1.807) is 0 Å². The number of hydrogen-bond donors (Lipinski definition) is 2. The van der Waals surface area contributed by atoms with Gasteiger partial charge in [-0.15, -0.1) is 0 Å². The molecule has 1 unspecified atom stereocenters. The topological polar surface area (TPSA) is 89.6 Å². The Morgan fingerprint density at radius 2 is 1.62 bits per heavy atom. The fourth-order valence-electron chi connectivity index (χ4n) is 2.26. The maximum atomic E-state index is 11.7. The van der Waals surface area contributed by atoms with E-state index in [0.29, 0.717) is 0 Å². The lowest BCUT2D eigenvalue weighted by Gasteiger charge is -2.19. The van der Waals surface area contributed by atoms with Crippen molar-refractivity contribution in [2.75, 3.05) is 0 Å². The van der Waals surface area contributed by atoms with E-state index in [9.17, 15) is 9.59 Å². The number of unbranched alkanes of at least 4 members (excludes halogenated alkanes) is 5. The second-order valence-corrected chi connectivity index (χ2v) is 5.61. The molecule has 21 heavy (non-hydrogen) atoms. The summed E-state index contributed by atoms with van der Waals surface area (Å²) < 4.78 is 5.35. The molecule has 0 aromatic rings. The Morgan fingerprint density at radius 3 is 2.19 bits per heavy atom. The molecule has 0 saturated heterocycles. The number of ether oxygens (including phenoxy) is 1. The quantitative estimate of drug-likeness (QED) is 0.402. The molecule has 0 fully saturated rings. The lowest BCUT2D eigenvalue weighted by atomic mass is 10.0. The van der Waals surface area contributed by atoms with Crippen LogP contribution in [0.25, 0.3) is 0 Å². The first-order chi connectivity index (χ1) is 10.0. The third-order valence-electron chi connectivity index (χ3n) is 3.47. The Bertz CT molecular complexity index is 294. The monoisotopic (exact) mass is 301 g/mol. The van der Waals surface area contributed by atoms with E-state index in [1.165, 1.54) is 25.7 Å². The van der Waals surface area contributed by atoms with Crippen molar-refractivity contribution in [2.24, 2.45) is 5.73 Å². The molecule has 5 heteroatoms. The van der Waals surface area contributed by atoms with Crippen molar-refractivity contribution in [3.05, 3.63) is 0 Å². The molecule has 5 nitrogen and oxygen atoms in total. The van der Waals surface area contributed by atoms with Gasteiger partial charge >= 0.3 is 11.9 Å². The summed E-state index contributed by atoms with van der Waals surface area (Å²) in [6.45, 7) is 4.23. The molecule has 0 aromatic heterocycles. The van der Waals surface area contributed by atoms with Crippen LogP contribution >= 0.6 is 0 Å². The summed E-state index contributed by atoms with van der Waals surface area (Å²) in [4.78, 5) is 22.3. The molecule has 0 radical (unpaired) electrons. The number of carbonyl (C=O) groups is 2. The molecule has 0 spiro atoms. The number of esters is 1. The summed E-state index contributed by atoms with van der Waals surface area (Å²) in [6, 6.07) is -1.06. The van der Waals surface area contributed by atoms with Crippen LogP contribution in [-0.2, 0) is 14.3 Å². The highest BCUT2D eigenvalue weighted by Gasteiger charge is 2.22. The lowest BCUT2D eigenvalue weighted by molar-refractivity contribution is -0.154. The Labute approximate surface area is 128 Å². The lowest BCUT2D eigenvalue weighted by Crippen LogP contribution is -2.36. The molecule has 124 valence electrons. The van der Waals surface area contributed by atoms with Gasteiger partial charge in [-0.25, -0.2) is 0 Å². The predicted molar refractivity (Wildman–Crippen MR) is 83.0 cm³/mol. The third-order valence-corrected chi connectivity index (χ3v) is 3.47. The van der Waals surface area contributed by atoms with Crippen molar-refractivity contribution in [1.82, 2.24) is 0 Å². The van der Waals surface area contributed by atoms with Crippen LogP contribution in [0.1, 0.15) is 78.1 Å². The van der Waals surface area contributed by atoms with E-state index in [2.05, 4.69) is 6.92 Å². The standard InChI is InChI=1S/C16H31NO4/c1-3-5-6-7-8-9-11-13(10-4-2)21-16(20)14(17)12-15(18)19/h13-14H,3-12,17H2,1-2H3,(H,18,19)/t13?,14-/m0/s1. The maximum Gasteiger partial charge on any atom is 0.323 e. The van der Waals surface area contributed by atoms with Crippen LogP contribution in [0.5, 0.6) is 0 Å².